The summed E-state index contributed by atoms with van der Waals surface area (Å²) in [5, 5.41) is 4.35. The molecule has 1 heterocycles. The minimum absolute atomic E-state index is 0.842. The van der Waals surface area contributed by atoms with Crippen molar-refractivity contribution >= 4 is 23.0 Å². The topological polar surface area (TPSA) is 15.3 Å². The van der Waals surface area contributed by atoms with Crippen molar-refractivity contribution in [2.24, 2.45) is 0 Å². The van der Waals surface area contributed by atoms with Crippen LogP contribution in [0.5, 0.6) is 0 Å². The number of unbranched alkanes of at least 4 members (excludes halogenated alkanes) is 1. The number of para-hydroxylation sites is 1. The fraction of sp³-hybridized carbons (Fsp3) is 0.600. The fourth-order valence-corrected chi connectivity index (χ4v) is 2.71. The minimum atomic E-state index is 0.842. The Hall–Kier alpha value is -0.890. The molecule has 1 aromatic carbocycles. The maximum atomic E-state index is 6.34. The summed E-state index contributed by atoms with van der Waals surface area (Å²) in [5.41, 5.74) is 2.40. The molecule has 0 unspecified atom stereocenters. The zero-order valence-corrected chi connectivity index (χ0v) is 12.0. The Morgan fingerprint density at radius 2 is 2.00 bits per heavy atom. The second-order valence-electron chi connectivity index (χ2n) is 4.96. The number of anilines is 2. The number of nitrogens with zero attached hydrogens (tertiary/aromatic N) is 1. The predicted molar refractivity (Wildman–Crippen MR) is 80.9 cm³/mol. The number of nitrogens with one attached hydrogen (secondary N) is 1. The number of halogens is 1. The Kier molecular flexibility index (Phi) is 5.18. The molecule has 1 aliphatic heterocycles. The molecule has 2 rings (SSSR count). The van der Waals surface area contributed by atoms with E-state index in [0.717, 1.165) is 30.3 Å². The van der Waals surface area contributed by atoms with Crippen LogP contribution in [0.2, 0.25) is 5.02 Å². The highest BCUT2D eigenvalue weighted by molar-refractivity contribution is 6.34. The van der Waals surface area contributed by atoms with Crippen LogP contribution in [-0.2, 0) is 0 Å². The van der Waals surface area contributed by atoms with Crippen LogP contribution in [0.15, 0.2) is 18.2 Å². The molecule has 1 aromatic rings. The van der Waals surface area contributed by atoms with Crippen molar-refractivity contribution in [3.63, 3.8) is 0 Å². The van der Waals surface area contributed by atoms with Gasteiger partial charge in [0.1, 0.15) is 0 Å². The molecule has 1 saturated heterocycles. The van der Waals surface area contributed by atoms with E-state index in [-0.39, 0.29) is 0 Å². The summed E-state index contributed by atoms with van der Waals surface area (Å²) in [6, 6.07) is 6.21. The molecule has 0 aliphatic carbocycles. The molecule has 2 nitrogen and oxygen atoms in total. The van der Waals surface area contributed by atoms with Gasteiger partial charge >= 0.3 is 0 Å². The maximum absolute atomic E-state index is 6.34. The van der Waals surface area contributed by atoms with E-state index < -0.39 is 0 Å². The van der Waals surface area contributed by atoms with E-state index in [1.807, 2.05) is 6.07 Å². The van der Waals surface area contributed by atoms with Crippen molar-refractivity contribution in [2.75, 3.05) is 29.9 Å². The van der Waals surface area contributed by atoms with Crippen molar-refractivity contribution in [3.8, 4) is 0 Å². The fourth-order valence-electron chi connectivity index (χ4n) is 2.48. The molecule has 0 atom stereocenters. The molecular weight excluding hydrogens is 244 g/mol. The molecule has 0 bridgehead atoms. The molecule has 0 saturated carbocycles. The van der Waals surface area contributed by atoms with Crippen LogP contribution < -0.4 is 10.2 Å². The second-order valence-corrected chi connectivity index (χ2v) is 5.37. The molecule has 18 heavy (non-hydrogen) atoms. The lowest BCUT2D eigenvalue weighted by atomic mass is 10.1. The molecule has 0 aromatic heterocycles. The summed E-state index contributed by atoms with van der Waals surface area (Å²) in [7, 11) is 0. The van der Waals surface area contributed by atoms with Crippen LogP contribution in [0.1, 0.15) is 39.0 Å². The van der Waals surface area contributed by atoms with Crippen molar-refractivity contribution in [2.45, 2.75) is 39.0 Å². The number of piperidine rings is 1. The van der Waals surface area contributed by atoms with E-state index in [2.05, 4.69) is 29.3 Å². The van der Waals surface area contributed by atoms with Gasteiger partial charge in [0.25, 0.3) is 0 Å². The summed E-state index contributed by atoms with van der Waals surface area (Å²) in [6.07, 6.45) is 6.33. The van der Waals surface area contributed by atoms with Gasteiger partial charge in [-0.2, -0.15) is 0 Å². The zero-order valence-electron chi connectivity index (χ0n) is 11.2. The number of rotatable bonds is 5. The summed E-state index contributed by atoms with van der Waals surface area (Å²) < 4.78 is 0. The number of benzene rings is 1. The van der Waals surface area contributed by atoms with Crippen molar-refractivity contribution in [1.29, 1.82) is 0 Å². The second kappa shape index (κ2) is 6.89. The molecule has 1 N–H and O–H groups in total. The quantitative estimate of drug-likeness (QED) is 0.787. The van der Waals surface area contributed by atoms with Crippen LogP contribution in [0.25, 0.3) is 0 Å². The van der Waals surface area contributed by atoms with Crippen LogP contribution in [-0.4, -0.2) is 19.6 Å². The average molecular weight is 267 g/mol. The van der Waals surface area contributed by atoms with Gasteiger partial charge in [-0.1, -0.05) is 31.0 Å². The van der Waals surface area contributed by atoms with Gasteiger partial charge in [0.15, 0.2) is 0 Å². The normalized spacial score (nSPS) is 15.8. The molecule has 1 fully saturated rings. The third-order valence-corrected chi connectivity index (χ3v) is 3.84. The first-order valence-corrected chi connectivity index (χ1v) is 7.48. The summed E-state index contributed by atoms with van der Waals surface area (Å²) in [5.74, 6) is 0. The number of hydrogen-bond acceptors (Lipinski definition) is 2. The van der Waals surface area contributed by atoms with Crippen LogP contribution >= 0.6 is 11.6 Å². The first kappa shape index (κ1) is 13.5. The Balaban J connectivity index is 2.14. The van der Waals surface area contributed by atoms with Gasteiger partial charge < -0.3 is 10.2 Å². The van der Waals surface area contributed by atoms with Crippen molar-refractivity contribution < 1.29 is 0 Å². The summed E-state index contributed by atoms with van der Waals surface area (Å²) in [4.78, 5) is 2.46. The van der Waals surface area contributed by atoms with E-state index in [1.54, 1.807) is 0 Å². The van der Waals surface area contributed by atoms with Crippen LogP contribution in [0, 0.1) is 0 Å². The maximum Gasteiger partial charge on any atom is 0.0767 e. The van der Waals surface area contributed by atoms with E-state index in [9.17, 15) is 0 Å². The lowest BCUT2D eigenvalue weighted by Crippen LogP contribution is -2.30. The smallest absolute Gasteiger partial charge is 0.0767 e. The third-order valence-electron chi connectivity index (χ3n) is 3.52. The predicted octanol–water partition coefficient (Wildman–Crippen LogP) is 4.54. The van der Waals surface area contributed by atoms with Crippen molar-refractivity contribution in [1.82, 2.24) is 0 Å². The standard InChI is InChI=1S/C15H23ClN2/c1-2-3-10-17-15-13(16)8-7-9-14(15)18-11-5-4-6-12-18/h7-9,17H,2-6,10-12H2,1H3. The summed E-state index contributed by atoms with van der Waals surface area (Å²) >= 11 is 6.34. The molecule has 0 radical (unpaired) electrons. The van der Waals surface area contributed by atoms with Gasteiger partial charge in [0, 0.05) is 19.6 Å². The number of hydrogen-bond donors (Lipinski definition) is 1. The van der Waals surface area contributed by atoms with Gasteiger partial charge in [0.2, 0.25) is 0 Å². The lowest BCUT2D eigenvalue weighted by Gasteiger charge is -2.31. The Morgan fingerprint density at radius 3 is 2.72 bits per heavy atom. The molecule has 1 aliphatic rings. The van der Waals surface area contributed by atoms with E-state index in [4.69, 9.17) is 11.6 Å². The third kappa shape index (κ3) is 3.32. The average Bonchev–Trinajstić information content (AvgIpc) is 2.42. The first-order valence-electron chi connectivity index (χ1n) is 7.10. The van der Waals surface area contributed by atoms with Gasteiger partial charge in [-0.05, 0) is 37.8 Å². The van der Waals surface area contributed by atoms with Gasteiger partial charge in [-0.15, -0.1) is 0 Å². The Morgan fingerprint density at radius 1 is 1.22 bits per heavy atom. The van der Waals surface area contributed by atoms with Crippen LogP contribution in [0.4, 0.5) is 11.4 Å². The molecular formula is C15H23ClN2. The first-order chi connectivity index (χ1) is 8.83. The molecule has 0 amide bonds. The minimum Gasteiger partial charge on any atom is -0.382 e. The lowest BCUT2D eigenvalue weighted by molar-refractivity contribution is 0.578. The highest BCUT2D eigenvalue weighted by Gasteiger charge is 2.15. The molecule has 100 valence electrons. The SMILES string of the molecule is CCCCNc1c(Cl)cccc1N1CCCCC1. The highest BCUT2D eigenvalue weighted by Crippen LogP contribution is 2.34. The molecule has 3 heteroatoms. The highest BCUT2D eigenvalue weighted by atomic mass is 35.5. The zero-order chi connectivity index (χ0) is 12.8. The van der Waals surface area contributed by atoms with Crippen LogP contribution in [0.3, 0.4) is 0 Å². The van der Waals surface area contributed by atoms with Gasteiger partial charge in [-0.3, -0.25) is 0 Å². The summed E-state index contributed by atoms with van der Waals surface area (Å²) in [6.45, 7) is 5.52. The van der Waals surface area contributed by atoms with E-state index in [0.29, 0.717) is 0 Å². The van der Waals surface area contributed by atoms with Gasteiger partial charge in [-0.25, -0.2) is 0 Å². The van der Waals surface area contributed by atoms with E-state index >= 15 is 0 Å². The molecule has 0 spiro atoms. The Labute approximate surface area is 115 Å². The van der Waals surface area contributed by atoms with E-state index in [1.165, 1.54) is 37.8 Å². The van der Waals surface area contributed by atoms with Gasteiger partial charge in [0.05, 0.1) is 16.4 Å². The monoisotopic (exact) mass is 266 g/mol. The Bertz CT molecular complexity index is 373. The largest absolute Gasteiger partial charge is 0.382 e. The van der Waals surface area contributed by atoms with Crippen molar-refractivity contribution in [3.05, 3.63) is 23.2 Å².